The van der Waals surface area contributed by atoms with E-state index in [4.69, 9.17) is 0 Å². The normalized spacial score (nSPS) is 19.8. The van der Waals surface area contributed by atoms with Crippen LogP contribution in [0.15, 0.2) is 72.8 Å². The molecule has 0 N–H and O–H groups in total. The Morgan fingerprint density at radius 2 is 0.780 bits per heavy atom. The number of ether oxygens (including phenoxy) is 2. The lowest BCUT2D eigenvalue weighted by Crippen LogP contribution is -2.22. The summed E-state index contributed by atoms with van der Waals surface area (Å²) in [5.41, 5.74) is 1.17. The molecule has 322 valence electrons. The zero-order valence-electron chi connectivity index (χ0n) is 33.4. The molecule has 0 aromatic heterocycles. The Balaban J connectivity index is 0.000000224. The summed E-state index contributed by atoms with van der Waals surface area (Å²) in [6, 6.07) is 13.4. The lowest BCUT2D eigenvalue weighted by Gasteiger charge is -2.29. The Bertz CT molecular complexity index is 1870. The van der Waals surface area contributed by atoms with Gasteiger partial charge in [0, 0.05) is 24.3 Å². The van der Waals surface area contributed by atoms with Gasteiger partial charge in [0.25, 0.3) is 0 Å². The molecule has 0 bridgehead atoms. The number of unbranched alkanes of at least 4 members (excludes halogenated alkanes) is 3. The molecule has 2 aliphatic rings. The van der Waals surface area contributed by atoms with Crippen LogP contribution < -0.4 is 9.47 Å². The minimum Gasteiger partial charge on any atom is -0.429 e. The van der Waals surface area contributed by atoms with E-state index < -0.39 is 69.7 Å². The highest BCUT2D eigenvalue weighted by atomic mass is 19.3. The molecule has 2 aliphatic carbocycles. The van der Waals surface area contributed by atoms with Crippen LogP contribution in [0.1, 0.15) is 144 Å². The van der Waals surface area contributed by atoms with E-state index in [0.717, 1.165) is 74.3 Å². The first-order valence-electron chi connectivity index (χ1n) is 20.7. The third kappa shape index (κ3) is 12.6. The Labute approximate surface area is 340 Å². The van der Waals surface area contributed by atoms with Crippen molar-refractivity contribution in [3.63, 3.8) is 0 Å². The predicted octanol–water partition coefficient (Wildman–Crippen LogP) is 15.8. The summed E-state index contributed by atoms with van der Waals surface area (Å²) in [7, 11) is 0. The van der Waals surface area contributed by atoms with Gasteiger partial charge in [0.15, 0.2) is 34.9 Å². The zero-order chi connectivity index (χ0) is 42.7. The number of benzene rings is 4. The number of hydrogen-bond donors (Lipinski definition) is 0. The van der Waals surface area contributed by atoms with Gasteiger partial charge in [-0.3, -0.25) is 0 Å². The molecule has 4 aromatic rings. The zero-order valence-corrected chi connectivity index (χ0v) is 33.4. The molecule has 2 saturated carbocycles. The van der Waals surface area contributed by atoms with Gasteiger partial charge in [-0.1, -0.05) is 83.1 Å². The Kier molecular flexibility index (Phi) is 16.2. The molecule has 0 saturated heterocycles. The number of rotatable bonds is 15. The maximum atomic E-state index is 14.4. The fraction of sp³-hybridized carbons (Fsp3) is 0.489. The Morgan fingerprint density at radius 1 is 0.458 bits per heavy atom. The van der Waals surface area contributed by atoms with E-state index in [-0.39, 0.29) is 0 Å². The highest BCUT2D eigenvalue weighted by Gasteiger charge is 2.37. The molecule has 4 aromatic carbocycles. The standard InChI is InChI=1S/C24H27F5O.C23H25F5O/c1-2-3-4-5-16-6-8-17(9-7-16)18-10-12-19(13-11-18)24(28,29)30-20-14-21(25)23(27)22(26)15-20;1-2-3-4-15-5-7-16(8-6-15)17-9-11-18(12-10-17)23(27,28)29-19-13-20(24)22(26)21(25)14-19/h10-17H,2-9H2,1H3;9-16H,2-8H2,1H3. The third-order valence-electron chi connectivity index (χ3n) is 11.7. The van der Waals surface area contributed by atoms with Gasteiger partial charge in [0.1, 0.15) is 11.5 Å². The first kappa shape index (κ1) is 45.9. The van der Waals surface area contributed by atoms with Crippen LogP contribution in [-0.4, -0.2) is 0 Å². The number of halogens is 10. The van der Waals surface area contributed by atoms with Crippen LogP contribution in [0.5, 0.6) is 11.5 Å². The third-order valence-corrected chi connectivity index (χ3v) is 11.7. The van der Waals surface area contributed by atoms with Crippen LogP contribution in [0, 0.1) is 46.7 Å². The smallest absolute Gasteiger partial charge is 0.426 e. The largest absolute Gasteiger partial charge is 0.429 e. The topological polar surface area (TPSA) is 18.5 Å². The molecular weight excluding hydrogens is 786 g/mol. The van der Waals surface area contributed by atoms with E-state index in [1.165, 1.54) is 69.2 Å². The molecule has 0 unspecified atom stereocenters. The molecule has 12 heteroatoms. The number of alkyl halides is 4. The number of hydrogen-bond acceptors (Lipinski definition) is 2. The average Bonchev–Trinajstić information content (AvgIpc) is 3.22. The lowest BCUT2D eigenvalue weighted by atomic mass is 9.77. The van der Waals surface area contributed by atoms with Gasteiger partial charge >= 0.3 is 12.2 Å². The maximum absolute atomic E-state index is 14.4. The molecule has 0 atom stereocenters. The highest BCUT2D eigenvalue weighted by Crippen LogP contribution is 2.41. The lowest BCUT2D eigenvalue weighted by molar-refractivity contribution is -0.186. The van der Waals surface area contributed by atoms with Gasteiger partial charge < -0.3 is 9.47 Å². The molecule has 2 fully saturated rings. The van der Waals surface area contributed by atoms with Crippen molar-refractivity contribution in [3.05, 3.63) is 130 Å². The van der Waals surface area contributed by atoms with E-state index in [1.54, 1.807) is 24.3 Å². The van der Waals surface area contributed by atoms with Crippen molar-refractivity contribution in [1.82, 2.24) is 0 Å². The second-order valence-electron chi connectivity index (χ2n) is 16.0. The molecule has 59 heavy (non-hydrogen) atoms. The van der Waals surface area contributed by atoms with Crippen molar-refractivity contribution >= 4 is 0 Å². The van der Waals surface area contributed by atoms with Crippen LogP contribution >= 0.6 is 0 Å². The van der Waals surface area contributed by atoms with Crippen molar-refractivity contribution in [2.75, 3.05) is 0 Å². The maximum Gasteiger partial charge on any atom is 0.426 e. The summed E-state index contributed by atoms with van der Waals surface area (Å²) < 4.78 is 145. The molecular formula is C47H52F10O2. The Morgan fingerprint density at radius 3 is 1.10 bits per heavy atom. The van der Waals surface area contributed by atoms with E-state index in [2.05, 4.69) is 23.3 Å². The second kappa shape index (κ2) is 20.8. The molecule has 0 radical (unpaired) electrons. The summed E-state index contributed by atoms with van der Waals surface area (Å²) in [5.74, 6) is -9.09. The fourth-order valence-electron chi connectivity index (χ4n) is 8.24. The Hall–Kier alpha value is -4.22. The van der Waals surface area contributed by atoms with Gasteiger partial charge in [-0.05, 0) is 110 Å². The van der Waals surface area contributed by atoms with Gasteiger partial charge in [-0.15, -0.1) is 0 Å². The van der Waals surface area contributed by atoms with Crippen LogP contribution in [0.25, 0.3) is 0 Å². The van der Waals surface area contributed by atoms with Crippen molar-refractivity contribution in [1.29, 1.82) is 0 Å². The summed E-state index contributed by atoms with van der Waals surface area (Å²) in [6.07, 6.45) is 10.0. The van der Waals surface area contributed by atoms with Gasteiger partial charge in [0.2, 0.25) is 0 Å². The molecule has 2 nitrogen and oxygen atoms in total. The molecule has 0 heterocycles. The predicted molar refractivity (Wildman–Crippen MR) is 208 cm³/mol. The van der Waals surface area contributed by atoms with Gasteiger partial charge in [-0.25, -0.2) is 26.3 Å². The molecule has 0 amide bonds. The van der Waals surface area contributed by atoms with Crippen LogP contribution in [0.2, 0.25) is 0 Å². The van der Waals surface area contributed by atoms with E-state index in [1.807, 2.05) is 0 Å². The van der Waals surface area contributed by atoms with E-state index in [9.17, 15) is 43.9 Å². The molecule has 0 spiro atoms. The highest BCUT2D eigenvalue weighted by molar-refractivity contribution is 5.32. The van der Waals surface area contributed by atoms with Crippen LogP contribution in [0.3, 0.4) is 0 Å². The van der Waals surface area contributed by atoms with Crippen molar-refractivity contribution < 1.29 is 53.4 Å². The van der Waals surface area contributed by atoms with Crippen LogP contribution in [0.4, 0.5) is 43.9 Å². The fourth-order valence-corrected chi connectivity index (χ4v) is 8.24. The quantitative estimate of drug-likeness (QED) is 0.0675. The summed E-state index contributed by atoms with van der Waals surface area (Å²) in [5, 5.41) is 0. The molecule has 0 aliphatic heterocycles. The van der Waals surface area contributed by atoms with E-state index >= 15 is 0 Å². The minimum atomic E-state index is -3.80. The first-order chi connectivity index (χ1) is 28.1. The van der Waals surface area contributed by atoms with Crippen molar-refractivity contribution in [2.24, 2.45) is 11.8 Å². The SMILES string of the molecule is CCCCC1CCC(c2ccc(C(F)(F)Oc3cc(F)c(F)c(F)c3)cc2)CC1.CCCCCC1CCC(c2ccc(C(F)(F)Oc3cc(F)c(F)c(F)c3)cc2)CC1. The van der Waals surface area contributed by atoms with Crippen LogP contribution in [-0.2, 0) is 12.2 Å². The van der Waals surface area contributed by atoms with E-state index in [0.29, 0.717) is 36.1 Å². The van der Waals surface area contributed by atoms with Gasteiger partial charge in [-0.2, -0.15) is 17.6 Å². The minimum absolute atomic E-state index is 0.358. The second-order valence-corrected chi connectivity index (χ2v) is 16.0. The first-order valence-corrected chi connectivity index (χ1v) is 20.7. The average molecular weight is 839 g/mol. The van der Waals surface area contributed by atoms with Crippen molar-refractivity contribution in [2.45, 2.75) is 134 Å². The summed E-state index contributed by atoms with van der Waals surface area (Å²) in [4.78, 5) is 0. The summed E-state index contributed by atoms with van der Waals surface area (Å²) >= 11 is 0. The summed E-state index contributed by atoms with van der Waals surface area (Å²) in [6.45, 7) is 4.39. The van der Waals surface area contributed by atoms with Crippen molar-refractivity contribution in [3.8, 4) is 11.5 Å². The van der Waals surface area contributed by atoms with Gasteiger partial charge in [0.05, 0.1) is 11.1 Å². The molecule has 6 rings (SSSR count). The monoisotopic (exact) mass is 838 g/mol.